The van der Waals surface area contributed by atoms with Gasteiger partial charge in [-0.1, -0.05) is 20.8 Å². The van der Waals surface area contributed by atoms with Crippen LogP contribution in [0.4, 0.5) is 5.69 Å². The zero-order valence-corrected chi connectivity index (χ0v) is 16.4. The number of nitrogens with one attached hydrogen (secondary N) is 1. The minimum atomic E-state index is -0.665. The number of ketones is 1. The molecule has 0 bridgehead atoms. The van der Waals surface area contributed by atoms with Crippen molar-refractivity contribution in [1.82, 2.24) is 5.32 Å². The Hall–Kier alpha value is -2.41. The SMILES string of the molecule is CCCC(=O)c1ccc2c(c1)N(CC(=O)NCCOC)C(=O)C(C(C)C)O2. The van der Waals surface area contributed by atoms with E-state index in [1.54, 1.807) is 25.3 Å². The number of ether oxygens (including phenoxy) is 2. The van der Waals surface area contributed by atoms with Gasteiger partial charge in [0, 0.05) is 25.6 Å². The Kier molecular flexibility index (Phi) is 7.36. The van der Waals surface area contributed by atoms with Gasteiger partial charge in [0.1, 0.15) is 12.3 Å². The number of methoxy groups -OCH3 is 1. The molecule has 0 saturated heterocycles. The van der Waals surface area contributed by atoms with Gasteiger partial charge in [0.2, 0.25) is 5.91 Å². The van der Waals surface area contributed by atoms with Gasteiger partial charge in [0.25, 0.3) is 5.91 Å². The molecule has 0 aliphatic carbocycles. The standard InChI is InChI=1S/C20H28N2O5/c1-5-6-16(23)14-7-8-17-15(11-14)22(12-18(24)21-9-10-26-4)20(25)19(27-17)13(2)3/h7-8,11,13,19H,5-6,9-10,12H2,1-4H3,(H,21,24). The lowest BCUT2D eigenvalue weighted by Gasteiger charge is -2.35. The molecule has 27 heavy (non-hydrogen) atoms. The lowest BCUT2D eigenvalue weighted by Crippen LogP contribution is -2.51. The van der Waals surface area contributed by atoms with Crippen molar-refractivity contribution in [3.05, 3.63) is 23.8 Å². The summed E-state index contributed by atoms with van der Waals surface area (Å²) in [5, 5.41) is 2.72. The van der Waals surface area contributed by atoms with Crippen molar-refractivity contribution in [1.29, 1.82) is 0 Å². The highest BCUT2D eigenvalue weighted by molar-refractivity contribution is 6.05. The fraction of sp³-hybridized carbons (Fsp3) is 0.550. The van der Waals surface area contributed by atoms with Crippen molar-refractivity contribution in [2.75, 3.05) is 31.7 Å². The first kappa shape index (κ1) is 20.9. The summed E-state index contributed by atoms with van der Waals surface area (Å²) in [6.45, 7) is 6.35. The second-order valence-electron chi connectivity index (χ2n) is 6.91. The normalized spacial score (nSPS) is 16.1. The van der Waals surface area contributed by atoms with Crippen LogP contribution in [-0.2, 0) is 14.3 Å². The number of anilines is 1. The maximum atomic E-state index is 12.9. The van der Waals surface area contributed by atoms with Gasteiger partial charge >= 0.3 is 0 Å². The molecule has 1 N–H and O–H groups in total. The van der Waals surface area contributed by atoms with Crippen molar-refractivity contribution in [2.24, 2.45) is 5.92 Å². The summed E-state index contributed by atoms with van der Waals surface area (Å²) >= 11 is 0. The van der Waals surface area contributed by atoms with Crippen molar-refractivity contribution in [3.8, 4) is 5.75 Å². The number of nitrogens with zero attached hydrogens (tertiary/aromatic N) is 1. The van der Waals surface area contributed by atoms with E-state index in [4.69, 9.17) is 9.47 Å². The highest BCUT2D eigenvalue weighted by atomic mass is 16.5. The molecule has 1 aromatic rings. The molecule has 1 aliphatic rings. The summed E-state index contributed by atoms with van der Waals surface area (Å²) in [7, 11) is 1.55. The number of hydrogen-bond donors (Lipinski definition) is 1. The molecule has 2 rings (SSSR count). The number of rotatable bonds is 9. The van der Waals surface area contributed by atoms with Gasteiger partial charge < -0.3 is 14.8 Å². The van der Waals surface area contributed by atoms with Gasteiger partial charge in [-0.25, -0.2) is 0 Å². The van der Waals surface area contributed by atoms with Crippen LogP contribution in [0, 0.1) is 5.92 Å². The van der Waals surface area contributed by atoms with E-state index in [2.05, 4.69) is 5.32 Å². The van der Waals surface area contributed by atoms with Crippen LogP contribution in [0.5, 0.6) is 5.75 Å². The molecule has 2 amide bonds. The average Bonchev–Trinajstić information content (AvgIpc) is 2.63. The largest absolute Gasteiger partial charge is 0.478 e. The lowest BCUT2D eigenvalue weighted by molar-refractivity contribution is -0.130. The molecule has 7 heteroatoms. The van der Waals surface area contributed by atoms with Crippen LogP contribution in [0.2, 0.25) is 0 Å². The highest BCUT2D eigenvalue weighted by Gasteiger charge is 2.37. The van der Waals surface area contributed by atoms with Crippen molar-refractivity contribution >= 4 is 23.3 Å². The zero-order valence-electron chi connectivity index (χ0n) is 16.4. The van der Waals surface area contributed by atoms with E-state index in [9.17, 15) is 14.4 Å². The van der Waals surface area contributed by atoms with Crippen LogP contribution >= 0.6 is 0 Å². The fourth-order valence-corrected chi connectivity index (χ4v) is 2.91. The first-order valence-corrected chi connectivity index (χ1v) is 9.30. The van der Waals surface area contributed by atoms with Gasteiger partial charge in [-0.3, -0.25) is 19.3 Å². The van der Waals surface area contributed by atoms with E-state index in [1.165, 1.54) is 4.90 Å². The highest BCUT2D eigenvalue weighted by Crippen LogP contribution is 2.36. The molecule has 1 aliphatic heterocycles. The predicted octanol–water partition coefficient (Wildman–Crippen LogP) is 2.18. The number of hydrogen-bond acceptors (Lipinski definition) is 5. The smallest absolute Gasteiger partial charge is 0.268 e. The van der Waals surface area contributed by atoms with Gasteiger partial charge in [0.15, 0.2) is 11.9 Å². The third-order valence-electron chi connectivity index (χ3n) is 4.35. The van der Waals surface area contributed by atoms with E-state index < -0.39 is 6.10 Å². The van der Waals surface area contributed by atoms with Crippen LogP contribution in [0.1, 0.15) is 44.0 Å². The number of benzene rings is 1. The minimum absolute atomic E-state index is 0.00299. The van der Waals surface area contributed by atoms with E-state index in [1.807, 2.05) is 20.8 Å². The second-order valence-corrected chi connectivity index (χ2v) is 6.91. The summed E-state index contributed by atoms with van der Waals surface area (Å²) in [6, 6.07) is 5.06. The number of carbonyl (C=O) groups excluding carboxylic acids is 3. The molecule has 1 unspecified atom stereocenters. The Morgan fingerprint density at radius 3 is 2.70 bits per heavy atom. The Bertz CT molecular complexity index is 702. The maximum Gasteiger partial charge on any atom is 0.268 e. The van der Waals surface area contributed by atoms with Crippen LogP contribution < -0.4 is 15.0 Å². The predicted molar refractivity (Wildman–Crippen MR) is 102 cm³/mol. The van der Waals surface area contributed by atoms with Crippen LogP contribution in [0.3, 0.4) is 0 Å². The molecule has 0 aromatic heterocycles. The third kappa shape index (κ3) is 5.07. The summed E-state index contributed by atoms with van der Waals surface area (Å²) < 4.78 is 10.8. The molecule has 0 radical (unpaired) electrons. The topological polar surface area (TPSA) is 84.9 Å². The number of Topliss-reactive ketones (excluding diaryl/α,β-unsaturated/α-hetero) is 1. The summed E-state index contributed by atoms with van der Waals surface area (Å²) in [5.74, 6) is -0.110. The fourth-order valence-electron chi connectivity index (χ4n) is 2.91. The summed E-state index contributed by atoms with van der Waals surface area (Å²) in [5.41, 5.74) is 0.973. The monoisotopic (exact) mass is 376 g/mol. The zero-order chi connectivity index (χ0) is 20.0. The molecular weight excluding hydrogens is 348 g/mol. The van der Waals surface area contributed by atoms with E-state index in [0.717, 1.165) is 6.42 Å². The van der Waals surface area contributed by atoms with Crippen molar-refractivity contribution in [2.45, 2.75) is 39.7 Å². The molecule has 0 saturated carbocycles. The molecular formula is C20H28N2O5. The van der Waals surface area contributed by atoms with E-state index >= 15 is 0 Å². The van der Waals surface area contributed by atoms with Crippen molar-refractivity contribution < 1.29 is 23.9 Å². The third-order valence-corrected chi connectivity index (χ3v) is 4.35. The molecule has 148 valence electrons. The molecule has 0 fully saturated rings. The first-order valence-electron chi connectivity index (χ1n) is 9.30. The van der Waals surface area contributed by atoms with Gasteiger partial charge in [-0.15, -0.1) is 0 Å². The molecule has 1 atom stereocenters. The van der Waals surface area contributed by atoms with Gasteiger partial charge in [-0.05, 0) is 30.5 Å². The van der Waals surface area contributed by atoms with Crippen LogP contribution in [0.15, 0.2) is 18.2 Å². The number of fused-ring (bicyclic) bond motifs is 1. The Morgan fingerprint density at radius 2 is 2.07 bits per heavy atom. The Labute approximate surface area is 160 Å². The van der Waals surface area contributed by atoms with Crippen LogP contribution in [0.25, 0.3) is 0 Å². The average molecular weight is 376 g/mol. The molecule has 1 aromatic carbocycles. The van der Waals surface area contributed by atoms with Crippen LogP contribution in [-0.4, -0.2) is 50.5 Å². The second kappa shape index (κ2) is 9.50. The minimum Gasteiger partial charge on any atom is -0.478 e. The number of carbonyl (C=O) groups is 3. The van der Waals surface area contributed by atoms with Crippen molar-refractivity contribution in [3.63, 3.8) is 0 Å². The Morgan fingerprint density at radius 1 is 1.33 bits per heavy atom. The Balaban J connectivity index is 2.32. The summed E-state index contributed by atoms with van der Waals surface area (Å²) in [4.78, 5) is 38.8. The molecule has 1 heterocycles. The number of amides is 2. The molecule has 0 spiro atoms. The lowest BCUT2D eigenvalue weighted by atomic mass is 10.0. The summed E-state index contributed by atoms with van der Waals surface area (Å²) in [6.07, 6.45) is 0.507. The quantitative estimate of drug-likeness (QED) is 0.527. The van der Waals surface area contributed by atoms with E-state index in [-0.39, 0.29) is 30.1 Å². The first-order chi connectivity index (χ1) is 12.9. The maximum absolute atomic E-state index is 12.9. The molecule has 7 nitrogen and oxygen atoms in total. The van der Waals surface area contributed by atoms with Gasteiger partial charge in [-0.2, -0.15) is 0 Å². The van der Waals surface area contributed by atoms with Gasteiger partial charge in [0.05, 0.1) is 12.3 Å². The van der Waals surface area contributed by atoms with E-state index in [0.29, 0.717) is 36.6 Å².